The lowest BCUT2D eigenvalue weighted by atomic mass is 9.96. The van der Waals surface area contributed by atoms with Crippen LogP contribution in [0.1, 0.15) is 18.6 Å². The Balaban J connectivity index is 1.35. The van der Waals surface area contributed by atoms with Gasteiger partial charge in [0, 0.05) is 30.6 Å². The largest absolute Gasteiger partial charge is 0.360 e. The number of benzene rings is 1. The molecule has 1 fully saturated rings. The summed E-state index contributed by atoms with van der Waals surface area (Å²) in [7, 11) is 0. The van der Waals surface area contributed by atoms with Gasteiger partial charge in [-0.15, -0.1) is 0 Å². The van der Waals surface area contributed by atoms with Crippen LogP contribution >= 0.6 is 0 Å². The fourth-order valence-electron chi connectivity index (χ4n) is 3.03. The highest BCUT2D eigenvalue weighted by Gasteiger charge is 2.28. The van der Waals surface area contributed by atoms with Gasteiger partial charge < -0.3 is 19.3 Å². The molecule has 0 atom stereocenters. The molecule has 8 heteroatoms. The van der Waals surface area contributed by atoms with Crippen LogP contribution < -0.4 is 10.2 Å². The highest BCUT2D eigenvalue weighted by molar-refractivity contribution is 5.91. The van der Waals surface area contributed by atoms with E-state index in [2.05, 4.69) is 20.6 Å². The van der Waals surface area contributed by atoms with Gasteiger partial charge in [0.05, 0.1) is 0 Å². The zero-order valence-corrected chi connectivity index (χ0v) is 14.4. The molecule has 0 radical (unpaired) electrons. The van der Waals surface area contributed by atoms with Crippen molar-refractivity contribution in [3.05, 3.63) is 42.2 Å². The van der Waals surface area contributed by atoms with E-state index in [9.17, 15) is 4.79 Å². The molecule has 0 saturated carbocycles. The lowest BCUT2D eigenvalue weighted by molar-refractivity contribution is -0.120. The molecule has 0 bridgehead atoms. The average Bonchev–Trinajstić information content (AvgIpc) is 3.32. The van der Waals surface area contributed by atoms with Crippen molar-refractivity contribution >= 4 is 17.7 Å². The first-order chi connectivity index (χ1) is 12.7. The van der Waals surface area contributed by atoms with Crippen molar-refractivity contribution in [1.82, 2.24) is 15.3 Å². The predicted octanol–water partition coefficient (Wildman–Crippen LogP) is 2.89. The second-order valence-corrected chi connectivity index (χ2v) is 6.34. The van der Waals surface area contributed by atoms with Crippen LogP contribution in [0.2, 0.25) is 0 Å². The lowest BCUT2D eigenvalue weighted by Gasteiger charge is -2.29. The second-order valence-electron chi connectivity index (χ2n) is 6.34. The first-order valence-corrected chi connectivity index (χ1v) is 8.57. The summed E-state index contributed by atoms with van der Waals surface area (Å²) in [6.07, 6.45) is 1.43. The Morgan fingerprint density at radius 1 is 1.15 bits per heavy atom. The zero-order chi connectivity index (χ0) is 17.9. The average molecular weight is 353 g/mol. The molecule has 1 aromatic carbocycles. The van der Waals surface area contributed by atoms with E-state index in [1.807, 2.05) is 35.2 Å². The number of carbonyl (C=O) groups excluding carboxylic acids is 1. The van der Waals surface area contributed by atoms with E-state index < -0.39 is 0 Å². The Bertz CT molecular complexity index is 881. The van der Waals surface area contributed by atoms with Crippen LogP contribution in [-0.2, 0) is 4.79 Å². The minimum Gasteiger partial charge on any atom is -0.360 e. The minimum absolute atomic E-state index is 0.0338. The van der Waals surface area contributed by atoms with Gasteiger partial charge in [-0.1, -0.05) is 40.6 Å². The van der Waals surface area contributed by atoms with E-state index in [1.54, 1.807) is 13.0 Å². The summed E-state index contributed by atoms with van der Waals surface area (Å²) in [6.45, 7) is 3.16. The fourth-order valence-corrected chi connectivity index (χ4v) is 3.03. The van der Waals surface area contributed by atoms with Crippen molar-refractivity contribution in [1.29, 1.82) is 0 Å². The molecule has 0 aliphatic carbocycles. The van der Waals surface area contributed by atoms with Gasteiger partial charge in [-0.25, -0.2) is 0 Å². The second kappa shape index (κ2) is 6.99. The molecule has 1 amide bonds. The van der Waals surface area contributed by atoms with Crippen molar-refractivity contribution in [2.24, 2.45) is 5.92 Å². The Labute approximate surface area is 150 Å². The molecule has 2 aromatic heterocycles. The van der Waals surface area contributed by atoms with Gasteiger partial charge >= 0.3 is 6.01 Å². The number of anilines is 2. The van der Waals surface area contributed by atoms with Gasteiger partial charge in [0.15, 0.2) is 5.82 Å². The standard InChI is InChI=1S/C18H19N5O3/c1-12-11-15(21-25-12)19-17(24)14-7-9-23(10-8-14)18-20-16(22-26-18)13-5-3-2-4-6-13/h2-6,11,14H,7-10H2,1H3,(H,19,21,24). The van der Waals surface area contributed by atoms with Crippen LogP contribution in [0.5, 0.6) is 0 Å². The number of nitrogens with zero attached hydrogens (tertiary/aromatic N) is 4. The molecule has 1 N–H and O–H groups in total. The maximum atomic E-state index is 12.3. The van der Waals surface area contributed by atoms with Crippen LogP contribution in [0.4, 0.5) is 11.8 Å². The highest BCUT2D eigenvalue weighted by atomic mass is 16.5. The maximum absolute atomic E-state index is 12.3. The maximum Gasteiger partial charge on any atom is 0.324 e. The lowest BCUT2D eigenvalue weighted by Crippen LogP contribution is -2.38. The van der Waals surface area contributed by atoms with Gasteiger partial charge in [0.1, 0.15) is 5.76 Å². The van der Waals surface area contributed by atoms with Gasteiger partial charge in [0.2, 0.25) is 11.7 Å². The van der Waals surface area contributed by atoms with E-state index in [0.717, 1.165) is 5.56 Å². The Morgan fingerprint density at radius 2 is 1.92 bits per heavy atom. The molecule has 3 heterocycles. The molecule has 1 aliphatic heterocycles. The summed E-state index contributed by atoms with van der Waals surface area (Å²) in [6, 6.07) is 11.9. The van der Waals surface area contributed by atoms with Crippen molar-refractivity contribution in [2.45, 2.75) is 19.8 Å². The Morgan fingerprint density at radius 3 is 2.62 bits per heavy atom. The van der Waals surface area contributed by atoms with Gasteiger partial charge in [-0.05, 0) is 19.8 Å². The SMILES string of the molecule is Cc1cc(NC(=O)C2CCN(c3nc(-c4ccccc4)no3)CC2)no1. The molecule has 3 aromatic rings. The molecule has 0 spiro atoms. The molecular formula is C18H19N5O3. The molecule has 0 unspecified atom stereocenters. The van der Waals surface area contributed by atoms with Gasteiger partial charge in [0.25, 0.3) is 0 Å². The summed E-state index contributed by atoms with van der Waals surface area (Å²) in [5.41, 5.74) is 0.916. The van der Waals surface area contributed by atoms with Crippen molar-refractivity contribution < 1.29 is 13.8 Å². The normalized spacial score (nSPS) is 15.2. The fraction of sp³-hybridized carbons (Fsp3) is 0.333. The number of hydrogen-bond donors (Lipinski definition) is 1. The zero-order valence-electron chi connectivity index (χ0n) is 14.4. The smallest absolute Gasteiger partial charge is 0.324 e. The van der Waals surface area contributed by atoms with E-state index in [1.165, 1.54) is 0 Å². The topological polar surface area (TPSA) is 97.3 Å². The number of aryl methyl sites for hydroxylation is 1. The first-order valence-electron chi connectivity index (χ1n) is 8.57. The molecule has 134 valence electrons. The molecular weight excluding hydrogens is 334 g/mol. The number of aromatic nitrogens is 3. The Kier molecular flexibility index (Phi) is 4.39. The van der Waals surface area contributed by atoms with E-state index >= 15 is 0 Å². The quantitative estimate of drug-likeness (QED) is 0.770. The number of carbonyl (C=O) groups is 1. The molecule has 1 saturated heterocycles. The summed E-state index contributed by atoms with van der Waals surface area (Å²) < 4.78 is 10.4. The van der Waals surface area contributed by atoms with Crippen molar-refractivity contribution in [3.8, 4) is 11.4 Å². The Hall–Kier alpha value is -3.16. The third-order valence-corrected chi connectivity index (χ3v) is 4.46. The molecule has 1 aliphatic rings. The molecule has 26 heavy (non-hydrogen) atoms. The summed E-state index contributed by atoms with van der Waals surface area (Å²) >= 11 is 0. The number of nitrogens with one attached hydrogen (secondary N) is 1. The molecule has 4 rings (SSSR count). The monoisotopic (exact) mass is 353 g/mol. The molecule has 8 nitrogen and oxygen atoms in total. The summed E-state index contributed by atoms with van der Waals surface area (Å²) in [5.74, 6) is 1.59. The van der Waals surface area contributed by atoms with Crippen molar-refractivity contribution in [2.75, 3.05) is 23.3 Å². The van der Waals surface area contributed by atoms with Crippen LogP contribution in [0, 0.1) is 12.8 Å². The highest BCUT2D eigenvalue weighted by Crippen LogP contribution is 2.25. The van der Waals surface area contributed by atoms with Crippen LogP contribution in [-0.4, -0.2) is 34.3 Å². The van der Waals surface area contributed by atoms with Crippen LogP contribution in [0.3, 0.4) is 0 Å². The van der Waals surface area contributed by atoms with Crippen LogP contribution in [0.15, 0.2) is 45.4 Å². The number of piperidine rings is 1. The third kappa shape index (κ3) is 3.44. The van der Waals surface area contributed by atoms with Crippen molar-refractivity contribution in [3.63, 3.8) is 0 Å². The van der Waals surface area contributed by atoms with E-state index in [0.29, 0.717) is 49.3 Å². The number of rotatable bonds is 4. The first kappa shape index (κ1) is 16.3. The van der Waals surface area contributed by atoms with E-state index in [4.69, 9.17) is 9.05 Å². The third-order valence-electron chi connectivity index (χ3n) is 4.46. The summed E-state index contributed by atoms with van der Waals surface area (Å²) in [4.78, 5) is 18.8. The predicted molar refractivity (Wildman–Crippen MR) is 94.5 cm³/mol. The number of amides is 1. The van der Waals surface area contributed by atoms with E-state index in [-0.39, 0.29) is 11.8 Å². The number of hydrogen-bond acceptors (Lipinski definition) is 7. The summed E-state index contributed by atoms with van der Waals surface area (Å²) in [5, 5.41) is 10.6. The minimum atomic E-state index is -0.0697. The van der Waals surface area contributed by atoms with Crippen LogP contribution in [0.25, 0.3) is 11.4 Å². The van der Waals surface area contributed by atoms with Gasteiger partial charge in [-0.3, -0.25) is 4.79 Å². The van der Waals surface area contributed by atoms with Gasteiger partial charge in [-0.2, -0.15) is 4.98 Å².